The van der Waals surface area contributed by atoms with Crippen LogP contribution in [0.5, 0.6) is 5.75 Å². The lowest BCUT2D eigenvalue weighted by atomic mass is 9.96. The van der Waals surface area contributed by atoms with Crippen molar-refractivity contribution in [3.05, 3.63) is 58.7 Å². The molecule has 0 fully saturated rings. The second kappa shape index (κ2) is 7.61. The molecule has 2 aromatic rings. The Labute approximate surface area is 154 Å². The van der Waals surface area contributed by atoms with Crippen molar-refractivity contribution in [1.82, 2.24) is 10.6 Å². The molecule has 1 atom stereocenters. The molecule has 0 bridgehead atoms. The predicted molar refractivity (Wildman–Crippen MR) is 95.9 cm³/mol. The number of hydrogen-bond donors (Lipinski definition) is 3. The second-order valence-corrected chi connectivity index (χ2v) is 6.17. The van der Waals surface area contributed by atoms with Crippen LogP contribution in [0.1, 0.15) is 33.9 Å². The summed E-state index contributed by atoms with van der Waals surface area (Å²) in [4.78, 5) is 24.3. The van der Waals surface area contributed by atoms with Crippen molar-refractivity contribution in [2.75, 3.05) is 19.0 Å². The lowest BCUT2D eigenvalue weighted by Crippen LogP contribution is -2.38. The summed E-state index contributed by atoms with van der Waals surface area (Å²) in [6.45, 7) is 1.81. The van der Waals surface area contributed by atoms with Crippen LogP contribution in [0.25, 0.3) is 0 Å². The van der Waals surface area contributed by atoms with Gasteiger partial charge in [-0.2, -0.15) is 0 Å². The van der Waals surface area contributed by atoms with Crippen molar-refractivity contribution in [3.8, 4) is 5.75 Å². The summed E-state index contributed by atoms with van der Waals surface area (Å²) in [5, 5.41) is 7.73. The Balaban J connectivity index is 1.92. The molecule has 2 aromatic carbocycles. The number of rotatable bonds is 3. The summed E-state index contributed by atoms with van der Waals surface area (Å²) >= 11 is 0. The van der Waals surface area contributed by atoms with Crippen LogP contribution in [0.3, 0.4) is 0 Å². The molecule has 0 aromatic heterocycles. The number of fused-ring (bicyclic) bond motifs is 1. The van der Waals surface area contributed by atoms with Gasteiger partial charge in [-0.15, -0.1) is 0 Å². The van der Waals surface area contributed by atoms with Crippen LogP contribution in [0.15, 0.2) is 30.3 Å². The number of ether oxygens (including phenoxy) is 1. The maximum atomic E-state index is 14.4. The highest BCUT2D eigenvalue weighted by molar-refractivity contribution is 6.06. The van der Waals surface area contributed by atoms with Gasteiger partial charge in [0.05, 0.1) is 23.8 Å². The van der Waals surface area contributed by atoms with Crippen LogP contribution in [-0.4, -0.2) is 25.6 Å². The van der Waals surface area contributed by atoms with Crippen LogP contribution in [0.2, 0.25) is 0 Å². The largest absolute Gasteiger partial charge is 0.492 e. The fourth-order valence-electron chi connectivity index (χ4n) is 2.95. The van der Waals surface area contributed by atoms with Gasteiger partial charge >= 0.3 is 6.03 Å². The molecule has 3 amide bonds. The average molecular weight is 375 g/mol. The zero-order valence-electron chi connectivity index (χ0n) is 14.9. The van der Waals surface area contributed by atoms with E-state index in [9.17, 15) is 18.4 Å². The third-order valence-corrected chi connectivity index (χ3v) is 4.34. The summed E-state index contributed by atoms with van der Waals surface area (Å²) in [5.41, 5.74) is 1.07. The van der Waals surface area contributed by atoms with Gasteiger partial charge in [-0.05, 0) is 42.8 Å². The Morgan fingerprint density at radius 1 is 1.15 bits per heavy atom. The van der Waals surface area contributed by atoms with Gasteiger partial charge < -0.3 is 20.7 Å². The number of anilines is 1. The molecule has 1 heterocycles. The second-order valence-electron chi connectivity index (χ2n) is 6.17. The quantitative estimate of drug-likeness (QED) is 0.770. The smallest absolute Gasteiger partial charge is 0.315 e. The highest BCUT2D eigenvalue weighted by atomic mass is 19.1. The third kappa shape index (κ3) is 3.84. The first-order valence-corrected chi connectivity index (χ1v) is 8.41. The van der Waals surface area contributed by atoms with E-state index in [-0.39, 0.29) is 29.3 Å². The van der Waals surface area contributed by atoms with E-state index < -0.39 is 23.8 Å². The van der Waals surface area contributed by atoms with Crippen molar-refractivity contribution in [2.45, 2.75) is 19.4 Å². The molecular formula is C19H19F2N3O3. The maximum absolute atomic E-state index is 14.4. The van der Waals surface area contributed by atoms with Crippen LogP contribution >= 0.6 is 0 Å². The molecule has 3 N–H and O–H groups in total. The van der Waals surface area contributed by atoms with Gasteiger partial charge in [0.1, 0.15) is 17.4 Å². The minimum atomic E-state index is -0.616. The van der Waals surface area contributed by atoms with Gasteiger partial charge in [0.2, 0.25) is 0 Å². The summed E-state index contributed by atoms with van der Waals surface area (Å²) < 4.78 is 33.4. The number of halogens is 2. The molecule has 0 radical (unpaired) electrons. The summed E-state index contributed by atoms with van der Waals surface area (Å²) in [6, 6.07) is 5.61. The first kappa shape index (κ1) is 18.6. The first-order valence-electron chi connectivity index (χ1n) is 8.41. The number of hydrogen-bond acceptors (Lipinski definition) is 3. The monoisotopic (exact) mass is 375 g/mol. The predicted octanol–water partition coefficient (Wildman–Crippen LogP) is 3.28. The highest BCUT2D eigenvalue weighted by Gasteiger charge is 2.30. The lowest BCUT2D eigenvalue weighted by molar-refractivity contribution is 0.102. The fourth-order valence-corrected chi connectivity index (χ4v) is 2.95. The highest BCUT2D eigenvalue weighted by Crippen LogP contribution is 2.37. The zero-order chi connectivity index (χ0) is 19.6. The van der Waals surface area contributed by atoms with Crippen molar-refractivity contribution >= 4 is 17.6 Å². The average Bonchev–Trinajstić information content (AvgIpc) is 2.65. The molecule has 3 rings (SSSR count). The molecule has 0 saturated heterocycles. The molecule has 1 aliphatic rings. The number of benzene rings is 2. The van der Waals surface area contributed by atoms with Crippen molar-refractivity contribution in [1.29, 1.82) is 0 Å². The number of carbonyl (C=O) groups excluding carboxylic acids is 2. The van der Waals surface area contributed by atoms with E-state index in [4.69, 9.17) is 4.74 Å². The Morgan fingerprint density at radius 3 is 2.59 bits per heavy atom. The Morgan fingerprint density at radius 2 is 1.89 bits per heavy atom. The maximum Gasteiger partial charge on any atom is 0.315 e. The number of carbonyl (C=O) groups is 2. The third-order valence-electron chi connectivity index (χ3n) is 4.34. The van der Waals surface area contributed by atoms with Crippen LogP contribution in [0, 0.1) is 18.6 Å². The van der Waals surface area contributed by atoms with E-state index in [1.807, 2.05) is 0 Å². The Kier molecular flexibility index (Phi) is 5.25. The van der Waals surface area contributed by atoms with Crippen molar-refractivity contribution in [2.24, 2.45) is 0 Å². The SMILES string of the molecule is CNC(=O)N[C@H]1CCOc2c(C(=O)Nc3ccc(F)c(C)c3)ccc(F)c21. The number of amides is 3. The minimum absolute atomic E-state index is 0.0963. The number of nitrogens with one attached hydrogen (secondary N) is 3. The van der Waals surface area contributed by atoms with Gasteiger partial charge in [-0.3, -0.25) is 4.79 Å². The lowest BCUT2D eigenvalue weighted by Gasteiger charge is -2.28. The van der Waals surface area contributed by atoms with E-state index >= 15 is 0 Å². The summed E-state index contributed by atoms with van der Waals surface area (Å²) in [7, 11) is 1.46. The normalized spacial score (nSPS) is 15.3. The van der Waals surface area contributed by atoms with Gasteiger partial charge in [0.25, 0.3) is 5.91 Å². The van der Waals surface area contributed by atoms with Crippen LogP contribution in [0.4, 0.5) is 19.3 Å². The molecule has 1 aliphatic heterocycles. The van der Waals surface area contributed by atoms with E-state index in [2.05, 4.69) is 16.0 Å². The Hall–Kier alpha value is -3.16. The molecule has 0 spiro atoms. The van der Waals surface area contributed by atoms with E-state index in [1.54, 1.807) is 6.92 Å². The zero-order valence-corrected chi connectivity index (χ0v) is 14.9. The van der Waals surface area contributed by atoms with Crippen LogP contribution < -0.4 is 20.7 Å². The van der Waals surface area contributed by atoms with E-state index in [1.165, 1.54) is 31.3 Å². The minimum Gasteiger partial charge on any atom is -0.492 e. The molecule has 0 saturated carbocycles. The molecule has 6 nitrogen and oxygen atoms in total. The van der Waals surface area contributed by atoms with Gasteiger partial charge in [0, 0.05) is 19.2 Å². The van der Waals surface area contributed by atoms with Gasteiger partial charge in [-0.25, -0.2) is 13.6 Å². The van der Waals surface area contributed by atoms with E-state index in [0.29, 0.717) is 17.7 Å². The fraction of sp³-hybridized carbons (Fsp3) is 0.263. The number of aryl methyl sites for hydroxylation is 1. The molecular weight excluding hydrogens is 356 g/mol. The molecule has 142 valence electrons. The van der Waals surface area contributed by atoms with Crippen LogP contribution in [-0.2, 0) is 0 Å². The standard InChI is InChI=1S/C19H19F2N3O3/c1-10-9-11(3-5-13(10)20)23-18(25)12-4-6-14(21)16-15(24-19(26)22-2)7-8-27-17(12)16/h3-6,9,15H,7-8H2,1-2H3,(H,23,25)(H2,22,24,26)/t15-/m0/s1. The van der Waals surface area contributed by atoms with E-state index in [0.717, 1.165) is 6.07 Å². The summed E-state index contributed by atoms with van der Waals surface area (Å²) in [6.07, 6.45) is 0.375. The van der Waals surface area contributed by atoms with Crippen molar-refractivity contribution in [3.63, 3.8) is 0 Å². The van der Waals surface area contributed by atoms with Crippen molar-refractivity contribution < 1.29 is 23.1 Å². The first-order chi connectivity index (χ1) is 12.9. The molecule has 0 unspecified atom stereocenters. The molecule has 0 aliphatic carbocycles. The summed E-state index contributed by atoms with van der Waals surface area (Å²) in [5.74, 6) is -1.37. The molecule has 8 heteroatoms. The molecule has 27 heavy (non-hydrogen) atoms. The van der Waals surface area contributed by atoms with Gasteiger partial charge in [0.15, 0.2) is 0 Å². The number of urea groups is 1. The van der Waals surface area contributed by atoms with Gasteiger partial charge in [-0.1, -0.05) is 0 Å². The topological polar surface area (TPSA) is 79.5 Å². The Bertz CT molecular complexity index is 902.